The lowest BCUT2D eigenvalue weighted by Gasteiger charge is -2.28. The van der Waals surface area contributed by atoms with Crippen molar-refractivity contribution in [3.63, 3.8) is 0 Å². The van der Waals surface area contributed by atoms with Gasteiger partial charge < -0.3 is 15.1 Å². The summed E-state index contributed by atoms with van der Waals surface area (Å²) >= 11 is 8.71. The summed E-state index contributed by atoms with van der Waals surface area (Å²) in [5.41, 5.74) is 3.44. The number of nitrogens with zero attached hydrogens (tertiary/aromatic N) is 2. The van der Waals surface area contributed by atoms with Crippen molar-refractivity contribution in [3.8, 4) is 6.07 Å². The zero-order valence-corrected chi connectivity index (χ0v) is 23.3. The minimum Gasteiger partial charge on any atom is -0.468 e. The molecule has 5 rings (SSSR count). The first-order valence-electron chi connectivity index (χ1n) is 11.8. The summed E-state index contributed by atoms with van der Waals surface area (Å²) < 4.78 is 6.61. The molecule has 3 heterocycles. The molecular formula is C28H22ClN5O3S2. The highest BCUT2D eigenvalue weighted by molar-refractivity contribution is 8.03. The summed E-state index contributed by atoms with van der Waals surface area (Å²) in [5, 5.41) is 20.5. The lowest BCUT2D eigenvalue weighted by atomic mass is 9.85. The summed E-state index contributed by atoms with van der Waals surface area (Å²) in [5.74, 6) is -0.946. The van der Waals surface area contributed by atoms with Gasteiger partial charge in [-0.1, -0.05) is 52.9 Å². The molecule has 11 heteroatoms. The van der Waals surface area contributed by atoms with Crippen molar-refractivity contribution in [1.29, 1.82) is 5.26 Å². The molecule has 2 aromatic carbocycles. The average Bonchev–Trinajstić information content (AvgIpc) is 3.59. The second-order valence-electron chi connectivity index (χ2n) is 8.71. The van der Waals surface area contributed by atoms with Gasteiger partial charge in [0, 0.05) is 16.4 Å². The van der Waals surface area contributed by atoms with Crippen molar-refractivity contribution in [1.82, 2.24) is 10.3 Å². The van der Waals surface area contributed by atoms with Crippen LogP contribution < -0.4 is 16.0 Å². The smallest absolute Gasteiger partial charge is 0.256 e. The fourth-order valence-corrected chi connectivity index (χ4v) is 6.10. The number of para-hydroxylation sites is 1. The molecule has 0 fully saturated rings. The van der Waals surface area contributed by atoms with Gasteiger partial charge in [0.1, 0.15) is 5.76 Å². The van der Waals surface area contributed by atoms with E-state index in [-0.39, 0.29) is 17.2 Å². The Labute approximate surface area is 237 Å². The third kappa shape index (κ3) is 5.71. The molecule has 196 valence electrons. The van der Waals surface area contributed by atoms with Crippen molar-refractivity contribution in [2.24, 2.45) is 0 Å². The maximum absolute atomic E-state index is 13.6. The van der Waals surface area contributed by atoms with Crippen LogP contribution in [-0.4, -0.2) is 22.6 Å². The number of thiazole rings is 1. The van der Waals surface area contributed by atoms with E-state index in [1.54, 1.807) is 31.2 Å². The fraction of sp³-hybridized carbons (Fsp3) is 0.143. The Balaban J connectivity index is 1.38. The Hall–Kier alpha value is -4.04. The largest absolute Gasteiger partial charge is 0.468 e. The molecular weight excluding hydrogens is 554 g/mol. The second kappa shape index (κ2) is 11.4. The Bertz CT molecular complexity index is 1650. The van der Waals surface area contributed by atoms with Crippen LogP contribution in [-0.2, 0) is 9.59 Å². The van der Waals surface area contributed by atoms with Crippen LogP contribution in [0.2, 0.25) is 5.02 Å². The van der Waals surface area contributed by atoms with Crippen LogP contribution in [0.3, 0.4) is 0 Å². The van der Waals surface area contributed by atoms with E-state index in [1.807, 2.05) is 37.3 Å². The molecule has 0 aliphatic carbocycles. The van der Waals surface area contributed by atoms with Crippen LogP contribution >= 0.6 is 34.7 Å². The van der Waals surface area contributed by atoms with Gasteiger partial charge in [-0.05, 0) is 55.8 Å². The maximum Gasteiger partial charge on any atom is 0.256 e. The molecule has 4 aromatic rings. The Kier molecular flexibility index (Phi) is 7.74. The zero-order chi connectivity index (χ0) is 27.5. The number of allylic oxidation sites excluding steroid dienone is 2. The van der Waals surface area contributed by atoms with Crippen molar-refractivity contribution in [3.05, 3.63) is 99.1 Å². The second-order valence-corrected chi connectivity index (χ2v) is 11.1. The predicted molar refractivity (Wildman–Crippen MR) is 155 cm³/mol. The third-order valence-electron chi connectivity index (χ3n) is 6.04. The van der Waals surface area contributed by atoms with E-state index >= 15 is 0 Å². The van der Waals surface area contributed by atoms with Crippen LogP contribution in [0.5, 0.6) is 0 Å². The average molecular weight is 576 g/mol. The first-order valence-corrected chi connectivity index (χ1v) is 14.0. The highest BCUT2D eigenvalue weighted by Gasteiger charge is 2.36. The number of fused-ring (bicyclic) bond motifs is 1. The molecule has 8 nitrogen and oxygen atoms in total. The number of rotatable bonds is 7. The molecule has 0 saturated carbocycles. The number of hydrogen-bond acceptors (Lipinski definition) is 8. The molecule has 2 amide bonds. The molecule has 1 aliphatic heterocycles. The van der Waals surface area contributed by atoms with Gasteiger partial charge in [-0.3, -0.25) is 14.9 Å². The number of hydrogen-bond donors (Lipinski definition) is 3. The quantitative estimate of drug-likeness (QED) is 0.228. The molecule has 1 atom stereocenters. The normalized spacial score (nSPS) is 15.2. The standard InChI is InChI=1S/C28H22ClN5O3S2/c1-15-9-10-17(12-19(15)29)32-23(35)14-38-27-18(13-30)25(21-7-5-11-37-21)24(16(2)31-27)26(36)34-28-33-20-6-3-4-8-22(20)39-28/h3-12,25,31H,14H2,1-2H3,(H,32,35)(H,33,34,36). The Morgan fingerprint density at radius 2 is 2.00 bits per heavy atom. The van der Waals surface area contributed by atoms with Gasteiger partial charge >= 0.3 is 0 Å². The SMILES string of the molecule is CC1=C(C(=O)Nc2nc3ccccc3s2)C(c2ccco2)C(C#N)=C(SCC(=O)Nc2ccc(C)c(Cl)c2)N1. The van der Waals surface area contributed by atoms with E-state index in [9.17, 15) is 14.9 Å². The number of aromatic nitrogens is 1. The molecule has 1 aliphatic rings. The summed E-state index contributed by atoms with van der Waals surface area (Å²) in [6, 6.07) is 18.6. The minimum atomic E-state index is -0.762. The number of thioether (sulfide) groups is 1. The van der Waals surface area contributed by atoms with Crippen molar-refractivity contribution in [2.45, 2.75) is 19.8 Å². The van der Waals surface area contributed by atoms with Crippen molar-refractivity contribution < 1.29 is 14.0 Å². The molecule has 2 aromatic heterocycles. The van der Waals surface area contributed by atoms with E-state index in [0.29, 0.717) is 37.9 Å². The topological polar surface area (TPSA) is 120 Å². The number of anilines is 2. The number of furan rings is 1. The van der Waals surface area contributed by atoms with Crippen molar-refractivity contribution in [2.75, 3.05) is 16.4 Å². The maximum atomic E-state index is 13.6. The first-order chi connectivity index (χ1) is 18.8. The minimum absolute atomic E-state index is 0.0321. The van der Waals surface area contributed by atoms with Crippen LogP contribution in [0.1, 0.15) is 24.2 Å². The molecule has 39 heavy (non-hydrogen) atoms. The fourth-order valence-electron chi connectivity index (χ4n) is 4.16. The van der Waals surface area contributed by atoms with E-state index in [1.165, 1.54) is 29.4 Å². The number of benzene rings is 2. The molecule has 0 radical (unpaired) electrons. The molecule has 0 saturated heterocycles. The number of nitriles is 1. The molecule has 0 spiro atoms. The van der Waals surface area contributed by atoms with Gasteiger partial charge in [0.25, 0.3) is 5.91 Å². The number of nitrogens with one attached hydrogen (secondary N) is 3. The predicted octanol–water partition coefficient (Wildman–Crippen LogP) is 6.56. The van der Waals surface area contributed by atoms with Gasteiger partial charge in [0.15, 0.2) is 5.13 Å². The van der Waals surface area contributed by atoms with Gasteiger partial charge in [-0.2, -0.15) is 5.26 Å². The number of carbonyl (C=O) groups is 2. The highest BCUT2D eigenvalue weighted by atomic mass is 35.5. The van der Waals surface area contributed by atoms with Crippen LogP contribution in [0.15, 0.2) is 87.1 Å². The van der Waals surface area contributed by atoms with E-state index < -0.39 is 11.8 Å². The monoisotopic (exact) mass is 575 g/mol. The van der Waals surface area contributed by atoms with E-state index in [0.717, 1.165) is 15.8 Å². The molecule has 1 unspecified atom stereocenters. The Morgan fingerprint density at radius 3 is 2.72 bits per heavy atom. The summed E-state index contributed by atoms with van der Waals surface area (Å²) in [6.07, 6.45) is 1.50. The molecule has 0 bridgehead atoms. The zero-order valence-electron chi connectivity index (χ0n) is 20.9. The van der Waals surface area contributed by atoms with E-state index in [4.69, 9.17) is 16.0 Å². The number of aryl methyl sites for hydroxylation is 1. The van der Waals surface area contributed by atoms with Gasteiger partial charge in [-0.15, -0.1) is 0 Å². The Morgan fingerprint density at radius 1 is 1.18 bits per heavy atom. The van der Waals surface area contributed by atoms with Crippen LogP contribution in [0.25, 0.3) is 10.2 Å². The van der Waals surface area contributed by atoms with Gasteiger partial charge in [0.2, 0.25) is 5.91 Å². The summed E-state index contributed by atoms with van der Waals surface area (Å²) in [4.78, 5) is 30.7. The summed E-state index contributed by atoms with van der Waals surface area (Å²) in [7, 11) is 0. The molecule has 3 N–H and O–H groups in total. The number of amides is 2. The number of halogens is 1. The van der Waals surface area contributed by atoms with Crippen LogP contribution in [0.4, 0.5) is 10.8 Å². The lowest BCUT2D eigenvalue weighted by molar-refractivity contribution is -0.114. The number of carbonyl (C=O) groups excluding carboxylic acids is 2. The third-order valence-corrected chi connectivity index (χ3v) is 8.41. The van der Waals surface area contributed by atoms with Gasteiger partial charge in [0.05, 0.1) is 50.4 Å². The summed E-state index contributed by atoms with van der Waals surface area (Å²) in [6.45, 7) is 3.64. The van der Waals surface area contributed by atoms with Gasteiger partial charge in [-0.25, -0.2) is 4.98 Å². The van der Waals surface area contributed by atoms with Crippen molar-refractivity contribution >= 4 is 67.5 Å². The number of dihydropyridines is 1. The first kappa shape index (κ1) is 26.6. The highest BCUT2D eigenvalue weighted by Crippen LogP contribution is 2.41. The van der Waals surface area contributed by atoms with Crippen LogP contribution in [0, 0.1) is 18.3 Å². The lowest BCUT2D eigenvalue weighted by Crippen LogP contribution is -2.31. The van der Waals surface area contributed by atoms with E-state index in [2.05, 4.69) is 27.0 Å².